The molecule has 0 aromatic heterocycles. The second kappa shape index (κ2) is 6.58. The van der Waals surface area contributed by atoms with Gasteiger partial charge in [0.05, 0.1) is 5.92 Å². The molecule has 0 bridgehead atoms. The number of benzene rings is 1. The van der Waals surface area contributed by atoms with E-state index in [1.165, 1.54) is 0 Å². The number of rotatable bonds is 4. The molecule has 2 N–H and O–H groups in total. The highest BCUT2D eigenvalue weighted by atomic mass is 16.2. The van der Waals surface area contributed by atoms with Crippen molar-refractivity contribution in [3.05, 3.63) is 35.9 Å². The van der Waals surface area contributed by atoms with E-state index < -0.39 is 0 Å². The molecule has 2 rings (SSSR count). The third-order valence-electron chi connectivity index (χ3n) is 4.62. The van der Waals surface area contributed by atoms with Crippen LogP contribution < -0.4 is 5.73 Å². The van der Waals surface area contributed by atoms with Crippen LogP contribution in [0.5, 0.6) is 0 Å². The summed E-state index contributed by atoms with van der Waals surface area (Å²) in [6, 6.07) is 10.0. The van der Waals surface area contributed by atoms with Gasteiger partial charge in [-0.3, -0.25) is 9.69 Å². The number of amides is 1. The number of hydrogen-bond acceptors (Lipinski definition) is 3. The minimum Gasteiger partial charge on any atom is -0.340 e. The van der Waals surface area contributed by atoms with E-state index in [4.69, 9.17) is 5.73 Å². The first kappa shape index (κ1) is 16.0. The van der Waals surface area contributed by atoms with Crippen LogP contribution in [0, 0.1) is 0 Å². The van der Waals surface area contributed by atoms with Crippen molar-refractivity contribution in [2.24, 2.45) is 5.73 Å². The van der Waals surface area contributed by atoms with Gasteiger partial charge >= 0.3 is 0 Å². The third kappa shape index (κ3) is 3.63. The third-order valence-corrected chi connectivity index (χ3v) is 4.62. The molecule has 1 atom stereocenters. The Morgan fingerprint density at radius 2 is 1.76 bits per heavy atom. The van der Waals surface area contributed by atoms with E-state index in [-0.39, 0.29) is 17.4 Å². The van der Waals surface area contributed by atoms with Gasteiger partial charge in [-0.2, -0.15) is 0 Å². The second-order valence-corrected chi connectivity index (χ2v) is 6.46. The molecule has 1 aliphatic heterocycles. The summed E-state index contributed by atoms with van der Waals surface area (Å²) in [4.78, 5) is 17.0. The summed E-state index contributed by atoms with van der Waals surface area (Å²) in [5.41, 5.74) is 6.94. The lowest BCUT2D eigenvalue weighted by Gasteiger charge is -2.44. The molecule has 0 spiro atoms. The van der Waals surface area contributed by atoms with E-state index in [0.29, 0.717) is 6.54 Å². The maximum Gasteiger partial charge on any atom is 0.229 e. The fraction of sp³-hybridized carbons (Fsp3) is 0.588. The number of hydrogen-bond donors (Lipinski definition) is 1. The Morgan fingerprint density at radius 1 is 1.19 bits per heavy atom. The molecule has 1 aromatic rings. The molecular weight excluding hydrogens is 262 g/mol. The van der Waals surface area contributed by atoms with Crippen molar-refractivity contribution in [1.29, 1.82) is 0 Å². The van der Waals surface area contributed by atoms with Crippen LogP contribution in [0.1, 0.15) is 32.3 Å². The van der Waals surface area contributed by atoms with Gasteiger partial charge < -0.3 is 10.6 Å². The summed E-state index contributed by atoms with van der Waals surface area (Å²) >= 11 is 0. The van der Waals surface area contributed by atoms with Crippen molar-refractivity contribution < 1.29 is 4.79 Å². The smallest absolute Gasteiger partial charge is 0.229 e. The first-order valence-corrected chi connectivity index (χ1v) is 7.74. The topological polar surface area (TPSA) is 49.6 Å². The van der Waals surface area contributed by atoms with Crippen LogP contribution in [0.4, 0.5) is 0 Å². The van der Waals surface area contributed by atoms with Gasteiger partial charge in [-0.15, -0.1) is 0 Å². The second-order valence-electron chi connectivity index (χ2n) is 6.46. The van der Waals surface area contributed by atoms with Gasteiger partial charge in [-0.1, -0.05) is 30.3 Å². The fourth-order valence-corrected chi connectivity index (χ4v) is 2.82. The normalized spacial score (nSPS) is 18.6. The quantitative estimate of drug-likeness (QED) is 0.917. The largest absolute Gasteiger partial charge is 0.340 e. The van der Waals surface area contributed by atoms with Crippen LogP contribution in [-0.2, 0) is 4.79 Å². The molecule has 1 aliphatic rings. The van der Waals surface area contributed by atoms with E-state index in [2.05, 4.69) is 18.7 Å². The summed E-state index contributed by atoms with van der Waals surface area (Å²) in [7, 11) is 0. The molecule has 4 heteroatoms. The maximum absolute atomic E-state index is 12.6. The van der Waals surface area contributed by atoms with Crippen LogP contribution in [0.15, 0.2) is 30.3 Å². The Kier molecular flexibility index (Phi) is 5.01. The SMILES string of the molecule is CC(C(=O)N1CCN(C(C)(C)CN)CC1)c1ccccc1. The Bertz CT molecular complexity index is 464. The summed E-state index contributed by atoms with van der Waals surface area (Å²) in [5, 5.41) is 0. The molecule has 1 saturated heterocycles. The Morgan fingerprint density at radius 3 is 2.29 bits per heavy atom. The van der Waals surface area contributed by atoms with Gasteiger partial charge in [0.15, 0.2) is 0 Å². The zero-order valence-corrected chi connectivity index (χ0v) is 13.4. The highest BCUT2D eigenvalue weighted by Gasteiger charge is 2.31. The van der Waals surface area contributed by atoms with Gasteiger partial charge in [0, 0.05) is 38.3 Å². The molecule has 4 nitrogen and oxygen atoms in total. The first-order chi connectivity index (χ1) is 9.95. The van der Waals surface area contributed by atoms with Gasteiger partial charge in [0.1, 0.15) is 0 Å². The minimum absolute atomic E-state index is 0.0141. The predicted octanol–water partition coefficient (Wildman–Crippen LogP) is 1.67. The van der Waals surface area contributed by atoms with Crippen molar-refractivity contribution in [3.8, 4) is 0 Å². The molecule has 1 aromatic carbocycles. The van der Waals surface area contributed by atoms with Crippen LogP contribution in [0.25, 0.3) is 0 Å². The average Bonchev–Trinajstić information content (AvgIpc) is 2.54. The van der Waals surface area contributed by atoms with Gasteiger partial charge in [0.2, 0.25) is 5.91 Å². The van der Waals surface area contributed by atoms with Crippen molar-refractivity contribution in [2.75, 3.05) is 32.7 Å². The lowest BCUT2D eigenvalue weighted by Crippen LogP contribution is -2.58. The van der Waals surface area contributed by atoms with Gasteiger partial charge in [-0.05, 0) is 26.3 Å². The van der Waals surface area contributed by atoms with Gasteiger partial charge in [-0.25, -0.2) is 0 Å². The zero-order chi connectivity index (χ0) is 15.5. The fourth-order valence-electron chi connectivity index (χ4n) is 2.82. The lowest BCUT2D eigenvalue weighted by molar-refractivity contribution is -0.135. The summed E-state index contributed by atoms with van der Waals surface area (Å²) < 4.78 is 0. The highest BCUT2D eigenvalue weighted by molar-refractivity contribution is 5.83. The van der Waals surface area contributed by atoms with Crippen LogP contribution in [0.2, 0.25) is 0 Å². The van der Waals surface area contributed by atoms with Crippen LogP contribution in [0.3, 0.4) is 0 Å². The van der Waals surface area contributed by atoms with Crippen molar-refractivity contribution in [2.45, 2.75) is 32.2 Å². The molecular formula is C17H27N3O. The Hall–Kier alpha value is -1.39. The molecule has 0 saturated carbocycles. The standard InChI is InChI=1S/C17H27N3O/c1-14(15-7-5-4-6-8-15)16(21)19-9-11-20(12-10-19)17(2,3)13-18/h4-8,14H,9-13,18H2,1-3H3. The van der Waals surface area contributed by atoms with Crippen LogP contribution >= 0.6 is 0 Å². The van der Waals surface area contributed by atoms with Gasteiger partial charge in [0.25, 0.3) is 0 Å². The minimum atomic E-state index is -0.0692. The number of piperazine rings is 1. The van der Waals surface area contributed by atoms with Crippen molar-refractivity contribution in [1.82, 2.24) is 9.80 Å². The van der Waals surface area contributed by atoms with E-state index >= 15 is 0 Å². The van der Waals surface area contributed by atoms with E-state index in [1.54, 1.807) is 0 Å². The van der Waals surface area contributed by atoms with E-state index in [1.807, 2.05) is 42.2 Å². The maximum atomic E-state index is 12.6. The molecule has 21 heavy (non-hydrogen) atoms. The summed E-state index contributed by atoms with van der Waals surface area (Å²) in [6.45, 7) is 10.3. The molecule has 0 radical (unpaired) electrons. The lowest BCUT2D eigenvalue weighted by atomic mass is 9.98. The summed E-state index contributed by atoms with van der Waals surface area (Å²) in [6.07, 6.45) is 0. The predicted molar refractivity (Wildman–Crippen MR) is 86.1 cm³/mol. The molecule has 1 heterocycles. The summed E-state index contributed by atoms with van der Waals surface area (Å²) in [5.74, 6) is 0.159. The number of nitrogens with zero attached hydrogens (tertiary/aromatic N) is 2. The molecule has 0 aliphatic carbocycles. The average molecular weight is 289 g/mol. The monoisotopic (exact) mass is 289 g/mol. The molecule has 1 amide bonds. The number of nitrogens with two attached hydrogens (primary N) is 1. The Balaban J connectivity index is 1.95. The zero-order valence-electron chi connectivity index (χ0n) is 13.4. The number of carbonyl (C=O) groups is 1. The van der Waals surface area contributed by atoms with Crippen LogP contribution in [-0.4, -0.2) is 54.0 Å². The van der Waals surface area contributed by atoms with E-state index in [9.17, 15) is 4.79 Å². The molecule has 1 fully saturated rings. The van der Waals surface area contributed by atoms with Crippen molar-refractivity contribution in [3.63, 3.8) is 0 Å². The van der Waals surface area contributed by atoms with Crippen molar-refractivity contribution >= 4 is 5.91 Å². The Labute approximate surface area is 127 Å². The van der Waals surface area contributed by atoms with E-state index in [0.717, 1.165) is 31.7 Å². The molecule has 116 valence electrons. The first-order valence-electron chi connectivity index (χ1n) is 7.74. The molecule has 1 unspecified atom stereocenters. The number of carbonyl (C=O) groups excluding carboxylic acids is 1. The highest BCUT2D eigenvalue weighted by Crippen LogP contribution is 2.21.